The Morgan fingerprint density at radius 1 is 0.778 bits per heavy atom. The van der Waals surface area contributed by atoms with Gasteiger partial charge in [-0.15, -0.1) is 5.10 Å². The molecule has 178 valence electrons. The summed E-state index contributed by atoms with van der Waals surface area (Å²) in [4.78, 5) is 17.8. The van der Waals surface area contributed by atoms with E-state index >= 15 is 0 Å². The molecule has 0 atom stereocenters. The second-order valence-electron chi connectivity index (χ2n) is 8.70. The van der Waals surface area contributed by atoms with Gasteiger partial charge in [0.2, 0.25) is 5.82 Å². The van der Waals surface area contributed by atoms with Gasteiger partial charge in [0, 0.05) is 11.3 Å². The molecule has 1 aromatic heterocycles. The summed E-state index contributed by atoms with van der Waals surface area (Å²) in [5, 5.41) is 7.49. The number of hydrogen-bond donors (Lipinski definition) is 1. The molecule has 1 N–H and O–H groups in total. The summed E-state index contributed by atoms with van der Waals surface area (Å²) >= 11 is 0. The molecule has 0 saturated carbocycles. The van der Waals surface area contributed by atoms with Gasteiger partial charge in [-0.25, -0.2) is 9.67 Å². The minimum absolute atomic E-state index is 0.0920. The molecule has 0 aliphatic rings. The lowest BCUT2D eigenvalue weighted by atomic mass is 10.1. The lowest BCUT2D eigenvalue weighted by Gasteiger charge is -2.09. The van der Waals surface area contributed by atoms with Crippen molar-refractivity contribution < 1.29 is 9.53 Å². The van der Waals surface area contributed by atoms with Crippen molar-refractivity contribution >= 4 is 11.6 Å². The Balaban J connectivity index is 1.42. The van der Waals surface area contributed by atoms with Crippen LogP contribution in [0.5, 0.6) is 11.5 Å². The van der Waals surface area contributed by atoms with Crippen molar-refractivity contribution in [2.75, 3.05) is 5.32 Å². The molecule has 4 aromatic carbocycles. The summed E-state index contributed by atoms with van der Waals surface area (Å²) in [6.45, 7) is 6.15. The third kappa shape index (κ3) is 5.03. The number of nitrogens with zero attached hydrogens (tertiary/aromatic N) is 3. The summed E-state index contributed by atoms with van der Waals surface area (Å²) in [7, 11) is 0. The van der Waals surface area contributed by atoms with Gasteiger partial charge in [0.15, 0.2) is 5.82 Å². The second-order valence-corrected chi connectivity index (χ2v) is 8.70. The van der Waals surface area contributed by atoms with Gasteiger partial charge in [0.25, 0.3) is 5.91 Å². The first kappa shape index (κ1) is 23.1. The van der Waals surface area contributed by atoms with Crippen LogP contribution in [0.1, 0.15) is 27.3 Å². The maximum Gasteiger partial charge on any atom is 0.295 e. The Labute approximate surface area is 210 Å². The van der Waals surface area contributed by atoms with E-state index in [2.05, 4.69) is 35.3 Å². The highest BCUT2D eigenvalue weighted by Crippen LogP contribution is 2.25. The van der Waals surface area contributed by atoms with Crippen LogP contribution in [-0.2, 0) is 0 Å². The predicted molar refractivity (Wildman–Crippen MR) is 142 cm³/mol. The molecule has 0 unspecified atom stereocenters. The minimum atomic E-state index is -0.386. The summed E-state index contributed by atoms with van der Waals surface area (Å²) < 4.78 is 7.56. The van der Waals surface area contributed by atoms with Gasteiger partial charge in [-0.1, -0.05) is 48.0 Å². The van der Waals surface area contributed by atoms with Gasteiger partial charge >= 0.3 is 0 Å². The summed E-state index contributed by atoms with van der Waals surface area (Å²) in [5.74, 6) is 1.74. The number of rotatable bonds is 6. The SMILES string of the molecule is Cc1cccc(-c2nc(C(=O)Nc3ccc(Oc4ccccc4)cc3)nn2-c2ccc(C)c(C)c2)c1. The molecule has 1 heterocycles. The van der Waals surface area contributed by atoms with Gasteiger partial charge in [0.1, 0.15) is 11.5 Å². The highest BCUT2D eigenvalue weighted by molar-refractivity contribution is 6.01. The summed E-state index contributed by atoms with van der Waals surface area (Å²) in [5.41, 5.74) is 5.80. The maximum atomic E-state index is 13.1. The summed E-state index contributed by atoms with van der Waals surface area (Å²) in [6, 6.07) is 30.8. The van der Waals surface area contributed by atoms with Crippen LogP contribution in [0.2, 0.25) is 0 Å². The van der Waals surface area contributed by atoms with Crippen molar-refractivity contribution in [1.82, 2.24) is 14.8 Å². The quantitative estimate of drug-likeness (QED) is 0.290. The van der Waals surface area contributed by atoms with Crippen LogP contribution in [0, 0.1) is 20.8 Å². The maximum absolute atomic E-state index is 13.1. The van der Waals surface area contributed by atoms with Gasteiger partial charge in [0.05, 0.1) is 5.69 Å². The highest BCUT2D eigenvalue weighted by Gasteiger charge is 2.19. The molecule has 6 heteroatoms. The molecule has 5 aromatic rings. The van der Waals surface area contributed by atoms with Crippen LogP contribution < -0.4 is 10.1 Å². The molecule has 5 rings (SSSR count). The van der Waals surface area contributed by atoms with E-state index in [1.54, 1.807) is 16.8 Å². The smallest absolute Gasteiger partial charge is 0.295 e. The molecular formula is C30H26N4O2. The number of hydrogen-bond acceptors (Lipinski definition) is 4. The van der Waals surface area contributed by atoms with Crippen molar-refractivity contribution in [2.45, 2.75) is 20.8 Å². The Bertz CT molecular complexity index is 1520. The number of carbonyl (C=O) groups is 1. The Morgan fingerprint density at radius 3 is 2.25 bits per heavy atom. The number of para-hydroxylation sites is 1. The molecule has 0 fully saturated rings. The van der Waals surface area contributed by atoms with E-state index in [0.29, 0.717) is 17.3 Å². The van der Waals surface area contributed by atoms with E-state index in [1.807, 2.05) is 85.8 Å². The molecule has 36 heavy (non-hydrogen) atoms. The van der Waals surface area contributed by atoms with Crippen LogP contribution in [-0.4, -0.2) is 20.7 Å². The number of anilines is 1. The number of amides is 1. The first-order valence-electron chi connectivity index (χ1n) is 11.7. The van der Waals surface area contributed by atoms with Crippen LogP contribution in [0.3, 0.4) is 0 Å². The normalized spacial score (nSPS) is 10.8. The van der Waals surface area contributed by atoms with Crippen molar-refractivity contribution in [3.8, 4) is 28.6 Å². The number of nitrogens with one attached hydrogen (secondary N) is 1. The fraction of sp³-hybridized carbons (Fsp3) is 0.100. The standard InChI is InChI=1S/C30H26N4O2/c1-20-8-7-9-23(18-20)29-32-28(33-34(29)25-15-12-21(2)22(3)19-25)30(35)31-24-13-16-27(17-14-24)36-26-10-5-4-6-11-26/h4-19H,1-3H3,(H,31,35). The monoisotopic (exact) mass is 474 g/mol. The number of benzene rings is 4. The van der Waals surface area contributed by atoms with Crippen LogP contribution >= 0.6 is 0 Å². The van der Waals surface area contributed by atoms with Crippen molar-refractivity contribution in [1.29, 1.82) is 0 Å². The second kappa shape index (κ2) is 9.88. The zero-order chi connectivity index (χ0) is 25.1. The third-order valence-electron chi connectivity index (χ3n) is 5.91. The van der Waals surface area contributed by atoms with E-state index in [9.17, 15) is 4.79 Å². The van der Waals surface area contributed by atoms with E-state index in [-0.39, 0.29) is 11.7 Å². The first-order valence-corrected chi connectivity index (χ1v) is 11.7. The van der Waals surface area contributed by atoms with E-state index in [0.717, 1.165) is 28.1 Å². The molecule has 0 aliphatic carbocycles. The van der Waals surface area contributed by atoms with Gasteiger partial charge in [-0.2, -0.15) is 0 Å². The number of carbonyl (C=O) groups excluding carboxylic acids is 1. The zero-order valence-corrected chi connectivity index (χ0v) is 20.4. The molecule has 0 radical (unpaired) electrons. The van der Waals surface area contributed by atoms with Crippen LogP contribution in [0.25, 0.3) is 17.1 Å². The van der Waals surface area contributed by atoms with Crippen molar-refractivity contribution in [2.24, 2.45) is 0 Å². The zero-order valence-electron chi connectivity index (χ0n) is 20.4. The first-order chi connectivity index (χ1) is 17.5. The fourth-order valence-corrected chi connectivity index (χ4v) is 3.83. The van der Waals surface area contributed by atoms with Gasteiger partial charge in [-0.05, 0) is 86.5 Å². The molecule has 6 nitrogen and oxygen atoms in total. The lowest BCUT2D eigenvalue weighted by Crippen LogP contribution is -2.14. The van der Waals surface area contributed by atoms with Crippen molar-refractivity contribution in [3.63, 3.8) is 0 Å². The van der Waals surface area contributed by atoms with E-state index in [4.69, 9.17) is 4.74 Å². The van der Waals surface area contributed by atoms with Gasteiger partial charge < -0.3 is 10.1 Å². The molecule has 0 spiro atoms. The molecule has 0 aliphatic heterocycles. The van der Waals surface area contributed by atoms with E-state index < -0.39 is 0 Å². The molecule has 0 saturated heterocycles. The molecule has 0 bridgehead atoms. The van der Waals surface area contributed by atoms with E-state index in [1.165, 1.54) is 5.56 Å². The average molecular weight is 475 g/mol. The van der Waals surface area contributed by atoms with Crippen LogP contribution in [0.4, 0.5) is 5.69 Å². The topological polar surface area (TPSA) is 69.0 Å². The molecular weight excluding hydrogens is 448 g/mol. The highest BCUT2D eigenvalue weighted by atomic mass is 16.5. The lowest BCUT2D eigenvalue weighted by molar-refractivity contribution is 0.101. The minimum Gasteiger partial charge on any atom is -0.457 e. The number of ether oxygens (including phenoxy) is 1. The Kier molecular flexibility index (Phi) is 6.33. The van der Waals surface area contributed by atoms with Gasteiger partial charge in [-0.3, -0.25) is 4.79 Å². The average Bonchev–Trinajstić information content (AvgIpc) is 3.33. The Hall–Kier alpha value is -4.71. The largest absolute Gasteiger partial charge is 0.457 e. The predicted octanol–water partition coefficient (Wildman–Crippen LogP) is 6.90. The van der Waals surface area contributed by atoms with Crippen molar-refractivity contribution in [3.05, 3.63) is 120 Å². The third-order valence-corrected chi connectivity index (χ3v) is 5.91. The number of aromatic nitrogens is 3. The molecule has 1 amide bonds. The number of aryl methyl sites for hydroxylation is 3. The fourth-order valence-electron chi connectivity index (χ4n) is 3.83. The Morgan fingerprint density at radius 2 is 1.53 bits per heavy atom. The summed E-state index contributed by atoms with van der Waals surface area (Å²) in [6.07, 6.45) is 0. The van der Waals surface area contributed by atoms with Crippen LogP contribution in [0.15, 0.2) is 97.1 Å².